The number of nitriles is 1. The minimum atomic E-state index is -0.336. The highest BCUT2D eigenvalue weighted by atomic mass is 32.1. The van der Waals surface area contributed by atoms with E-state index in [9.17, 15) is 9.18 Å². The van der Waals surface area contributed by atoms with Crippen molar-refractivity contribution < 1.29 is 9.18 Å². The minimum absolute atomic E-state index is 0.195. The van der Waals surface area contributed by atoms with Crippen LogP contribution in [-0.4, -0.2) is 15.8 Å². The van der Waals surface area contributed by atoms with Crippen molar-refractivity contribution in [2.24, 2.45) is 0 Å². The van der Waals surface area contributed by atoms with Crippen molar-refractivity contribution in [3.05, 3.63) is 93.2 Å². The molecule has 1 aromatic heterocycles. The summed E-state index contributed by atoms with van der Waals surface area (Å²) >= 11 is 1.52. The second-order valence-corrected chi connectivity index (χ2v) is 7.32. The van der Waals surface area contributed by atoms with Gasteiger partial charge >= 0.3 is 0 Å². The molecule has 1 heterocycles. The van der Waals surface area contributed by atoms with Gasteiger partial charge in [0.2, 0.25) is 5.91 Å². The zero-order valence-electron chi connectivity index (χ0n) is 15.3. The van der Waals surface area contributed by atoms with Gasteiger partial charge in [-0.2, -0.15) is 5.26 Å². The third-order valence-corrected chi connectivity index (χ3v) is 4.86. The van der Waals surface area contributed by atoms with Crippen molar-refractivity contribution in [3.8, 4) is 6.07 Å². The molecule has 6 heteroatoms. The number of carbonyl (C=O) groups excluding carboxylic acids is 1. The number of halogens is 1. The van der Waals surface area contributed by atoms with E-state index in [2.05, 4.69) is 11.1 Å². The number of carbonyl (C=O) groups is 1. The summed E-state index contributed by atoms with van der Waals surface area (Å²) in [5.41, 5.74) is 2.90. The lowest BCUT2D eigenvalue weighted by atomic mass is 10.1. The summed E-state index contributed by atoms with van der Waals surface area (Å²) in [6.45, 7) is 2.53. The molecule has 0 saturated heterocycles. The van der Waals surface area contributed by atoms with Crippen LogP contribution in [0.1, 0.15) is 27.4 Å². The highest BCUT2D eigenvalue weighted by molar-refractivity contribution is 7.09. The Morgan fingerprint density at radius 1 is 1.21 bits per heavy atom. The van der Waals surface area contributed by atoms with Crippen LogP contribution in [0, 0.1) is 24.1 Å². The van der Waals surface area contributed by atoms with Gasteiger partial charge in [-0.1, -0.05) is 24.3 Å². The standard InChI is InChI=1S/C22H18FN3OS/c1-16-25-21(15-28-16)9-10-22(27)26(14-19-3-2-4-20(23)11-19)13-18-7-5-17(12-24)6-8-18/h2-11,15H,13-14H2,1H3/b10-9-. The maximum Gasteiger partial charge on any atom is 0.247 e. The number of rotatable bonds is 6. The molecule has 0 N–H and O–H groups in total. The van der Waals surface area contributed by atoms with Gasteiger partial charge in [0.15, 0.2) is 0 Å². The average Bonchev–Trinajstić information content (AvgIpc) is 3.11. The van der Waals surface area contributed by atoms with E-state index in [4.69, 9.17) is 5.26 Å². The lowest BCUT2D eigenvalue weighted by Crippen LogP contribution is -2.28. The summed E-state index contributed by atoms with van der Waals surface area (Å²) in [5, 5.41) is 11.8. The van der Waals surface area contributed by atoms with Crippen LogP contribution >= 0.6 is 11.3 Å². The first-order chi connectivity index (χ1) is 13.5. The highest BCUT2D eigenvalue weighted by Crippen LogP contribution is 2.14. The Hall–Kier alpha value is -3.30. The molecule has 4 nitrogen and oxygen atoms in total. The largest absolute Gasteiger partial charge is 0.331 e. The lowest BCUT2D eigenvalue weighted by Gasteiger charge is -2.22. The van der Waals surface area contributed by atoms with E-state index >= 15 is 0 Å². The third kappa shape index (κ3) is 5.35. The normalized spacial score (nSPS) is 10.8. The van der Waals surface area contributed by atoms with E-state index in [1.54, 1.807) is 35.2 Å². The Labute approximate surface area is 167 Å². The number of hydrogen-bond donors (Lipinski definition) is 0. The van der Waals surface area contributed by atoms with Gasteiger partial charge in [-0.15, -0.1) is 11.3 Å². The second-order valence-electron chi connectivity index (χ2n) is 6.26. The molecular weight excluding hydrogens is 373 g/mol. The van der Waals surface area contributed by atoms with Crippen LogP contribution in [0.15, 0.2) is 60.0 Å². The molecule has 0 radical (unpaired) electrons. The van der Waals surface area contributed by atoms with Crippen LogP contribution in [0.3, 0.4) is 0 Å². The first-order valence-electron chi connectivity index (χ1n) is 8.66. The van der Waals surface area contributed by atoms with Crippen LogP contribution in [0.25, 0.3) is 6.08 Å². The molecule has 1 amide bonds. The van der Waals surface area contributed by atoms with Gasteiger partial charge in [-0.3, -0.25) is 4.79 Å². The number of amides is 1. The van der Waals surface area contributed by atoms with Crippen molar-refractivity contribution >= 4 is 23.3 Å². The Balaban J connectivity index is 1.80. The summed E-state index contributed by atoms with van der Waals surface area (Å²) < 4.78 is 13.5. The molecular formula is C22H18FN3OS. The van der Waals surface area contributed by atoms with E-state index in [1.165, 1.54) is 29.5 Å². The molecule has 2 aromatic carbocycles. The fraction of sp³-hybridized carbons (Fsp3) is 0.136. The van der Waals surface area contributed by atoms with Crippen LogP contribution in [0.4, 0.5) is 4.39 Å². The van der Waals surface area contributed by atoms with Gasteiger partial charge in [-0.05, 0) is 48.4 Å². The number of nitrogens with zero attached hydrogens (tertiary/aromatic N) is 3. The molecule has 0 atom stereocenters. The zero-order valence-corrected chi connectivity index (χ0v) is 16.1. The van der Waals surface area contributed by atoms with Crippen molar-refractivity contribution in [3.63, 3.8) is 0 Å². The number of hydrogen-bond acceptors (Lipinski definition) is 4. The van der Waals surface area contributed by atoms with Gasteiger partial charge in [0.25, 0.3) is 0 Å². The first-order valence-corrected chi connectivity index (χ1v) is 9.54. The van der Waals surface area contributed by atoms with Gasteiger partial charge in [-0.25, -0.2) is 9.37 Å². The minimum Gasteiger partial charge on any atom is -0.331 e. The van der Waals surface area contributed by atoms with E-state index in [0.717, 1.165) is 16.3 Å². The van der Waals surface area contributed by atoms with Crippen molar-refractivity contribution in [2.45, 2.75) is 20.0 Å². The van der Waals surface area contributed by atoms with E-state index < -0.39 is 0 Å². The molecule has 140 valence electrons. The SMILES string of the molecule is Cc1nc(/C=C\C(=O)N(Cc2ccc(C#N)cc2)Cc2cccc(F)c2)cs1. The number of benzene rings is 2. The number of thiazole rings is 1. The average molecular weight is 391 g/mol. The molecule has 28 heavy (non-hydrogen) atoms. The lowest BCUT2D eigenvalue weighted by molar-refractivity contribution is -0.127. The van der Waals surface area contributed by atoms with Crippen LogP contribution < -0.4 is 0 Å². The Morgan fingerprint density at radius 2 is 1.96 bits per heavy atom. The Bertz CT molecular complexity index is 1030. The fourth-order valence-corrected chi connectivity index (χ4v) is 3.27. The molecule has 0 saturated carbocycles. The quantitative estimate of drug-likeness (QED) is 0.572. The summed E-state index contributed by atoms with van der Waals surface area (Å²) in [5.74, 6) is -0.531. The molecule has 3 aromatic rings. The predicted octanol–water partition coefficient (Wildman–Crippen LogP) is 4.70. The summed E-state index contributed by atoms with van der Waals surface area (Å²) in [7, 11) is 0. The summed E-state index contributed by atoms with van der Waals surface area (Å²) in [6, 6.07) is 15.4. The molecule has 0 fully saturated rings. The molecule has 0 aliphatic carbocycles. The van der Waals surface area contributed by atoms with Crippen molar-refractivity contribution in [1.29, 1.82) is 5.26 Å². The maximum absolute atomic E-state index is 13.5. The van der Waals surface area contributed by atoms with Gasteiger partial charge in [0.05, 0.1) is 22.3 Å². The highest BCUT2D eigenvalue weighted by Gasteiger charge is 2.13. The zero-order chi connectivity index (χ0) is 19.9. The summed E-state index contributed by atoms with van der Waals surface area (Å²) in [6.07, 6.45) is 3.17. The molecule has 3 rings (SSSR count). The molecule has 0 aliphatic heterocycles. The number of aromatic nitrogens is 1. The van der Waals surface area contributed by atoms with E-state index in [1.807, 2.05) is 24.4 Å². The third-order valence-electron chi connectivity index (χ3n) is 4.06. The van der Waals surface area contributed by atoms with Crippen LogP contribution in [0.5, 0.6) is 0 Å². The van der Waals surface area contributed by atoms with E-state index in [0.29, 0.717) is 17.7 Å². The Morgan fingerprint density at radius 3 is 2.61 bits per heavy atom. The molecule has 0 bridgehead atoms. The smallest absolute Gasteiger partial charge is 0.247 e. The second kappa shape index (κ2) is 9.07. The van der Waals surface area contributed by atoms with Crippen LogP contribution in [-0.2, 0) is 17.9 Å². The summed E-state index contributed by atoms with van der Waals surface area (Å²) in [4.78, 5) is 18.8. The van der Waals surface area contributed by atoms with Crippen molar-refractivity contribution in [2.75, 3.05) is 0 Å². The van der Waals surface area contributed by atoms with Crippen molar-refractivity contribution in [1.82, 2.24) is 9.88 Å². The fourth-order valence-electron chi connectivity index (χ4n) is 2.69. The number of aryl methyl sites for hydroxylation is 1. The molecule has 0 spiro atoms. The first kappa shape index (κ1) is 19.5. The Kier molecular flexibility index (Phi) is 6.30. The molecule has 0 unspecified atom stereocenters. The topological polar surface area (TPSA) is 57.0 Å². The molecule has 0 aliphatic rings. The van der Waals surface area contributed by atoms with Gasteiger partial charge in [0, 0.05) is 24.5 Å². The monoisotopic (exact) mass is 391 g/mol. The van der Waals surface area contributed by atoms with Gasteiger partial charge in [0.1, 0.15) is 5.82 Å². The van der Waals surface area contributed by atoms with Crippen LogP contribution in [0.2, 0.25) is 0 Å². The van der Waals surface area contributed by atoms with Gasteiger partial charge < -0.3 is 4.90 Å². The predicted molar refractivity (Wildman–Crippen MR) is 108 cm³/mol. The maximum atomic E-state index is 13.5. The van der Waals surface area contributed by atoms with E-state index in [-0.39, 0.29) is 18.3 Å².